The van der Waals surface area contributed by atoms with E-state index in [0.717, 1.165) is 17.5 Å². The monoisotopic (exact) mass is 459 g/mol. The van der Waals surface area contributed by atoms with Gasteiger partial charge in [-0.2, -0.15) is 0 Å². The quantitative estimate of drug-likeness (QED) is 0.274. The van der Waals surface area contributed by atoms with Gasteiger partial charge in [-0.1, -0.05) is 31.2 Å². The average molecular weight is 460 g/mol. The molecule has 1 aromatic heterocycles. The summed E-state index contributed by atoms with van der Waals surface area (Å²) >= 11 is 0. The molecule has 182 valence electrons. The summed E-state index contributed by atoms with van der Waals surface area (Å²) < 4.78 is 5.38. The molecular formula is C25H37N3O5. The van der Waals surface area contributed by atoms with Gasteiger partial charge in [0, 0.05) is 25.2 Å². The number of ether oxygens (including phenoxy) is 1. The minimum absolute atomic E-state index is 0.0311. The Bertz CT molecular complexity index is 888. The summed E-state index contributed by atoms with van der Waals surface area (Å²) in [6.45, 7) is 7.72. The van der Waals surface area contributed by atoms with Crippen molar-refractivity contribution in [2.45, 2.75) is 58.3 Å². The highest BCUT2D eigenvalue weighted by Gasteiger charge is 2.21. The van der Waals surface area contributed by atoms with Crippen LogP contribution in [-0.2, 0) is 29.0 Å². The van der Waals surface area contributed by atoms with Crippen molar-refractivity contribution in [1.29, 1.82) is 0 Å². The molecule has 2 aromatic rings. The largest absolute Gasteiger partial charge is 0.506 e. The minimum Gasteiger partial charge on any atom is -0.506 e. The summed E-state index contributed by atoms with van der Waals surface area (Å²) in [5.74, 6) is -0.128. The summed E-state index contributed by atoms with van der Waals surface area (Å²) in [5.41, 5.74) is 2.23. The molecule has 1 amide bonds. The van der Waals surface area contributed by atoms with Crippen LogP contribution in [0.1, 0.15) is 55.8 Å². The van der Waals surface area contributed by atoms with Gasteiger partial charge in [0.15, 0.2) is 0 Å². The Morgan fingerprint density at radius 1 is 1.18 bits per heavy atom. The van der Waals surface area contributed by atoms with Gasteiger partial charge in [-0.25, -0.2) is 4.98 Å². The Balaban J connectivity index is 1.86. The van der Waals surface area contributed by atoms with E-state index < -0.39 is 12.7 Å². The highest BCUT2D eigenvalue weighted by molar-refractivity contribution is 5.78. The third kappa shape index (κ3) is 9.47. The number of pyridine rings is 1. The van der Waals surface area contributed by atoms with Crippen molar-refractivity contribution in [3.8, 4) is 5.75 Å². The molecule has 1 atom stereocenters. The van der Waals surface area contributed by atoms with E-state index in [9.17, 15) is 20.1 Å². The maximum absolute atomic E-state index is 12.2. The van der Waals surface area contributed by atoms with E-state index in [-0.39, 0.29) is 29.4 Å². The van der Waals surface area contributed by atoms with Gasteiger partial charge in [-0.05, 0) is 49.9 Å². The van der Waals surface area contributed by atoms with E-state index in [1.165, 1.54) is 12.1 Å². The summed E-state index contributed by atoms with van der Waals surface area (Å²) in [6, 6.07) is 10.9. The third-order valence-corrected chi connectivity index (χ3v) is 5.16. The molecule has 0 aliphatic heterocycles. The lowest BCUT2D eigenvalue weighted by Gasteiger charge is -2.28. The van der Waals surface area contributed by atoms with Crippen LogP contribution in [0.15, 0.2) is 36.4 Å². The predicted octanol–water partition coefficient (Wildman–Crippen LogP) is 2.01. The number of aliphatic hydroxyl groups excluding tert-OH is 2. The van der Waals surface area contributed by atoms with Crippen molar-refractivity contribution < 1.29 is 24.9 Å². The number of carbonyl (C=O) groups is 1. The number of hydrogen-bond donors (Lipinski definition) is 5. The Morgan fingerprint density at radius 2 is 1.94 bits per heavy atom. The van der Waals surface area contributed by atoms with Crippen molar-refractivity contribution in [1.82, 2.24) is 15.6 Å². The highest BCUT2D eigenvalue weighted by atomic mass is 16.5. The fourth-order valence-electron chi connectivity index (χ4n) is 3.47. The van der Waals surface area contributed by atoms with Crippen LogP contribution in [0.4, 0.5) is 0 Å². The van der Waals surface area contributed by atoms with E-state index in [0.29, 0.717) is 38.3 Å². The van der Waals surface area contributed by atoms with Crippen molar-refractivity contribution in [3.63, 3.8) is 0 Å². The lowest BCUT2D eigenvalue weighted by molar-refractivity contribution is -0.120. The van der Waals surface area contributed by atoms with Gasteiger partial charge < -0.3 is 30.7 Å². The molecule has 1 heterocycles. The van der Waals surface area contributed by atoms with E-state index in [1.807, 2.05) is 45.0 Å². The second-order valence-corrected chi connectivity index (χ2v) is 8.78. The second kappa shape index (κ2) is 13.3. The molecule has 0 spiro atoms. The number of carbonyl (C=O) groups excluding carboxylic acids is 1. The van der Waals surface area contributed by atoms with E-state index >= 15 is 0 Å². The summed E-state index contributed by atoms with van der Waals surface area (Å²) in [7, 11) is 0. The molecule has 0 bridgehead atoms. The molecule has 0 saturated carbocycles. The van der Waals surface area contributed by atoms with Gasteiger partial charge in [-0.3, -0.25) is 4.79 Å². The van der Waals surface area contributed by atoms with Crippen molar-refractivity contribution in [3.05, 3.63) is 58.9 Å². The first kappa shape index (κ1) is 26.7. The highest BCUT2D eigenvalue weighted by Crippen LogP contribution is 2.20. The first-order chi connectivity index (χ1) is 15.7. The van der Waals surface area contributed by atoms with Gasteiger partial charge in [-0.15, -0.1) is 0 Å². The number of hydrogen-bond acceptors (Lipinski definition) is 7. The Kier molecular flexibility index (Phi) is 10.7. The number of amides is 1. The topological polar surface area (TPSA) is 124 Å². The van der Waals surface area contributed by atoms with Crippen LogP contribution in [-0.4, -0.2) is 58.1 Å². The second-order valence-electron chi connectivity index (χ2n) is 8.78. The SMILES string of the molecule is CCCOCCNC(=O)Cc1cccc(CC(C)(C)NCC(O)c2ccc(O)c(CO)n2)c1. The van der Waals surface area contributed by atoms with Crippen molar-refractivity contribution in [2.75, 3.05) is 26.3 Å². The van der Waals surface area contributed by atoms with E-state index in [2.05, 4.69) is 15.6 Å². The number of β-amino-alcohol motifs (C(OH)–C–C–N with tert-alkyl or cyclic N) is 1. The first-order valence-corrected chi connectivity index (χ1v) is 11.4. The molecule has 8 heteroatoms. The molecule has 0 radical (unpaired) electrons. The van der Waals surface area contributed by atoms with Crippen LogP contribution < -0.4 is 10.6 Å². The predicted molar refractivity (Wildman–Crippen MR) is 127 cm³/mol. The number of aromatic hydroxyl groups is 1. The van der Waals surface area contributed by atoms with Crippen molar-refractivity contribution in [2.24, 2.45) is 0 Å². The Morgan fingerprint density at radius 3 is 2.67 bits per heavy atom. The number of aromatic nitrogens is 1. The molecule has 2 rings (SSSR count). The number of aliphatic hydroxyl groups is 2. The van der Waals surface area contributed by atoms with Crippen molar-refractivity contribution >= 4 is 5.91 Å². The molecular weight excluding hydrogens is 422 g/mol. The standard InChI is InChI=1S/C25H37N3O5/c1-4-11-33-12-10-26-24(32)14-18-6-5-7-19(13-18)15-25(2,3)27-16-23(31)20-8-9-22(30)21(17-29)28-20/h5-9,13,23,27,29-31H,4,10-12,14-17H2,1-3H3,(H,26,32). The molecule has 33 heavy (non-hydrogen) atoms. The van der Waals surface area contributed by atoms with E-state index in [4.69, 9.17) is 4.74 Å². The normalized spacial score (nSPS) is 12.5. The van der Waals surface area contributed by atoms with Gasteiger partial charge in [0.1, 0.15) is 17.5 Å². The molecule has 8 nitrogen and oxygen atoms in total. The average Bonchev–Trinajstić information content (AvgIpc) is 2.77. The van der Waals surface area contributed by atoms with Crippen LogP contribution in [0.3, 0.4) is 0 Å². The third-order valence-electron chi connectivity index (χ3n) is 5.16. The summed E-state index contributed by atoms with van der Waals surface area (Å²) in [4.78, 5) is 16.3. The number of rotatable bonds is 14. The summed E-state index contributed by atoms with van der Waals surface area (Å²) in [5, 5.41) is 35.6. The number of nitrogens with one attached hydrogen (secondary N) is 2. The van der Waals surface area contributed by atoms with E-state index in [1.54, 1.807) is 0 Å². The van der Waals surface area contributed by atoms with Crippen LogP contribution in [0.25, 0.3) is 0 Å². The molecule has 1 unspecified atom stereocenters. The van der Waals surface area contributed by atoms with Gasteiger partial charge in [0.25, 0.3) is 0 Å². The maximum Gasteiger partial charge on any atom is 0.224 e. The zero-order valence-electron chi connectivity index (χ0n) is 19.8. The molecule has 0 saturated heterocycles. The maximum atomic E-state index is 12.2. The first-order valence-electron chi connectivity index (χ1n) is 11.4. The summed E-state index contributed by atoms with van der Waals surface area (Å²) in [6.07, 6.45) is 1.09. The Hall–Kier alpha value is -2.52. The number of nitrogens with zero attached hydrogens (tertiary/aromatic N) is 1. The molecule has 0 aliphatic carbocycles. The molecule has 0 aliphatic rings. The van der Waals surface area contributed by atoms with Gasteiger partial charge in [0.05, 0.1) is 25.3 Å². The molecule has 1 aromatic carbocycles. The van der Waals surface area contributed by atoms with Gasteiger partial charge >= 0.3 is 0 Å². The van der Waals surface area contributed by atoms with Crippen LogP contribution >= 0.6 is 0 Å². The Labute approximate surface area is 196 Å². The lowest BCUT2D eigenvalue weighted by atomic mass is 9.93. The minimum atomic E-state index is -0.883. The van der Waals surface area contributed by atoms with Gasteiger partial charge in [0.2, 0.25) is 5.91 Å². The van der Waals surface area contributed by atoms with Crippen LogP contribution in [0.2, 0.25) is 0 Å². The smallest absolute Gasteiger partial charge is 0.224 e. The zero-order chi connectivity index (χ0) is 24.3. The molecule has 0 fully saturated rings. The zero-order valence-corrected chi connectivity index (χ0v) is 19.8. The number of benzene rings is 1. The fraction of sp³-hybridized carbons (Fsp3) is 0.520. The fourth-order valence-corrected chi connectivity index (χ4v) is 3.47. The molecule has 5 N–H and O–H groups in total. The van der Waals surface area contributed by atoms with Crippen LogP contribution in [0.5, 0.6) is 5.75 Å². The lowest BCUT2D eigenvalue weighted by Crippen LogP contribution is -2.43. The van der Waals surface area contributed by atoms with Crippen LogP contribution in [0, 0.1) is 0 Å².